The molecule has 0 spiro atoms. The molecule has 1 unspecified atom stereocenters. The Bertz CT molecular complexity index is 577. The van der Waals surface area contributed by atoms with Gasteiger partial charge in [-0.25, -0.2) is 4.79 Å². The van der Waals surface area contributed by atoms with Crippen LogP contribution in [-0.2, 0) is 4.74 Å². The number of ether oxygens (including phenoxy) is 1. The third-order valence-corrected chi connectivity index (χ3v) is 3.86. The Balaban J connectivity index is 1.75. The van der Waals surface area contributed by atoms with Crippen LogP contribution in [0.4, 0.5) is 4.79 Å². The zero-order valence-corrected chi connectivity index (χ0v) is 14.9. The average Bonchev–Trinajstić information content (AvgIpc) is 2.92. The fourth-order valence-corrected chi connectivity index (χ4v) is 2.74. The summed E-state index contributed by atoms with van der Waals surface area (Å²) in [7, 11) is 0. The maximum absolute atomic E-state index is 12.1. The van der Waals surface area contributed by atoms with Gasteiger partial charge in [0.15, 0.2) is 0 Å². The molecule has 1 saturated heterocycles. The normalized spacial score (nSPS) is 18.3. The number of aryl methyl sites for hydroxylation is 1. The summed E-state index contributed by atoms with van der Waals surface area (Å²) in [5.74, 6) is 0.338. The molecule has 134 valence electrons. The first-order valence-corrected chi connectivity index (χ1v) is 8.44. The van der Waals surface area contributed by atoms with Gasteiger partial charge in [0.2, 0.25) is 5.76 Å². The molecule has 2 rings (SSSR count). The molecule has 1 N–H and O–H groups in total. The van der Waals surface area contributed by atoms with Crippen molar-refractivity contribution in [2.45, 2.75) is 52.6 Å². The van der Waals surface area contributed by atoms with Crippen LogP contribution < -0.4 is 5.32 Å². The number of carbonyl (C=O) groups is 2. The number of nitrogens with one attached hydrogen (secondary N) is 1. The van der Waals surface area contributed by atoms with Gasteiger partial charge in [0.1, 0.15) is 5.60 Å². The molecule has 1 aliphatic heterocycles. The minimum Gasteiger partial charge on any atom is -0.444 e. The van der Waals surface area contributed by atoms with E-state index in [9.17, 15) is 9.59 Å². The van der Waals surface area contributed by atoms with Crippen molar-refractivity contribution in [1.29, 1.82) is 0 Å². The van der Waals surface area contributed by atoms with Crippen LogP contribution in [0.25, 0.3) is 0 Å². The number of hydrogen-bond acceptors (Lipinski definition) is 5. The maximum atomic E-state index is 12.1. The van der Waals surface area contributed by atoms with Crippen LogP contribution in [0.3, 0.4) is 0 Å². The zero-order chi connectivity index (χ0) is 17.7. The van der Waals surface area contributed by atoms with Crippen molar-refractivity contribution in [1.82, 2.24) is 15.4 Å². The lowest BCUT2D eigenvalue weighted by molar-refractivity contribution is 0.0161. The first kappa shape index (κ1) is 18.3. The van der Waals surface area contributed by atoms with Crippen molar-refractivity contribution in [2.24, 2.45) is 5.92 Å². The standard InChI is InChI=1S/C17H27N3O4/c1-12-10-14(24-19-12)15(21)18-8-7-13-6-5-9-20(11-13)16(22)23-17(2,3)4/h10,13H,5-9,11H2,1-4H3,(H,18,21). The van der Waals surface area contributed by atoms with Crippen molar-refractivity contribution in [3.63, 3.8) is 0 Å². The van der Waals surface area contributed by atoms with E-state index in [0.717, 1.165) is 25.8 Å². The van der Waals surface area contributed by atoms with Gasteiger partial charge in [0, 0.05) is 25.7 Å². The van der Waals surface area contributed by atoms with Gasteiger partial charge in [-0.2, -0.15) is 0 Å². The summed E-state index contributed by atoms with van der Waals surface area (Å²) in [4.78, 5) is 25.8. The topological polar surface area (TPSA) is 84.7 Å². The molecule has 1 aliphatic rings. The number of carbonyl (C=O) groups excluding carboxylic acids is 2. The predicted molar refractivity (Wildman–Crippen MR) is 88.7 cm³/mol. The Morgan fingerprint density at radius 1 is 1.46 bits per heavy atom. The van der Waals surface area contributed by atoms with Crippen molar-refractivity contribution >= 4 is 12.0 Å². The van der Waals surface area contributed by atoms with Crippen molar-refractivity contribution in [3.05, 3.63) is 17.5 Å². The number of hydrogen-bond donors (Lipinski definition) is 1. The Morgan fingerprint density at radius 2 is 2.21 bits per heavy atom. The lowest BCUT2D eigenvalue weighted by atomic mass is 9.95. The minimum absolute atomic E-state index is 0.228. The monoisotopic (exact) mass is 337 g/mol. The quantitative estimate of drug-likeness (QED) is 0.913. The van der Waals surface area contributed by atoms with Crippen LogP contribution in [0.2, 0.25) is 0 Å². The molecule has 24 heavy (non-hydrogen) atoms. The smallest absolute Gasteiger partial charge is 0.410 e. The highest BCUT2D eigenvalue weighted by Gasteiger charge is 2.27. The highest BCUT2D eigenvalue weighted by Crippen LogP contribution is 2.21. The number of nitrogens with zero attached hydrogens (tertiary/aromatic N) is 2. The summed E-state index contributed by atoms with van der Waals surface area (Å²) in [6.45, 7) is 9.33. The van der Waals surface area contributed by atoms with E-state index in [2.05, 4.69) is 10.5 Å². The maximum Gasteiger partial charge on any atom is 0.410 e. The summed E-state index contributed by atoms with van der Waals surface area (Å²) in [5, 5.41) is 6.53. The first-order valence-electron chi connectivity index (χ1n) is 8.44. The van der Waals surface area contributed by atoms with Gasteiger partial charge in [-0.05, 0) is 52.9 Å². The summed E-state index contributed by atoms with van der Waals surface area (Å²) in [6.07, 6.45) is 2.57. The highest BCUT2D eigenvalue weighted by molar-refractivity contribution is 5.91. The Kier molecular flexibility index (Phi) is 5.85. The van der Waals surface area contributed by atoms with E-state index >= 15 is 0 Å². The molecular weight excluding hydrogens is 310 g/mol. The van der Waals surface area contributed by atoms with Crippen LogP contribution in [0.15, 0.2) is 10.6 Å². The summed E-state index contributed by atoms with van der Waals surface area (Å²) >= 11 is 0. The third-order valence-electron chi connectivity index (χ3n) is 3.86. The lowest BCUT2D eigenvalue weighted by Crippen LogP contribution is -2.43. The summed E-state index contributed by atoms with van der Waals surface area (Å²) in [5.41, 5.74) is 0.202. The molecule has 1 aromatic rings. The second-order valence-electron chi connectivity index (χ2n) is 7.31. The van der Waals surface area contributed by atoms with Crippen LogP contribution in [0, 0.1) is 12.8 Å². The zero-order valence-electron chi connectivity index (χ0n) is 14.9. The predicted octanol–water partition coefficient (Wildman–Crippen LogP) is 2.75. The summed E-state index contributed by atoms with van der Waals surface area (Å²) < 4.78 is 10.4. The molecular formula is C17H27N3O4. The van der Waals surface area contributed by atoms with Crippen LogP contribution >= 0.6 is 0 Å². The van der Waals surface area contributed by atoms with Crippen LogP contribution in [0.5, 0.6) is 0 Å². The number of rotatable bonds is 4. The van der Waals surface area contributed by atoms with Gasteiger partial charge in [0.25, 0.3) is 5.91 Å². The molecule has 2 amide bonds. The largest absolute Gasteiger partial charge is 0.444 e. The van der Waals surface area contributed by atoms with Crippen molar-refractivity contribution in [2.75, 3.05) is 19.6 Å². The summed E-state index contributed by atoms with van der Waals surface area (Å²) in [6, 6.07) is 1.61. The molecule has 0 aromatic carbocycles. The Hall–Kier alpha value is -2.05. The van der Waals surface area contributed by atoms with E-state index < -0.39 is 5.60 Å². The molecule has 0 saturated carbocycles. The minimum atomic E-state index is -0.479. The lowest BCUT2D eigenvalue weighted by Gasteiger charge is -2.34. The average molecular weight is 337 g/mol. The molecule has 1 atom stereocenters. The molecule has 0 radical (unpaired) electrons. The van der Waals surface area contributed by atoms with Gasteiger partial charge >= 0.3 is 6.09 Å². The molecule has 1 aromatic heterocycles. The van der Waals surface area contributed by atoms with Crippen molar-refractivity contribution < 1.29 is 18.8 Å². The van der Waals surface area contributed by atoms with Gasteiger partial charge in [-0.15, -0.1) is 0 Å². The van der Waals surface area contributed by atoms with Gasteiger partial charge in [-0.1, -0.05) is 5.16 Å². The van der Waals surface area contributed by atoms with Crippen LogP contribution in [0.1, 0.15) is 56.3 Å². The highest BCUT2D eigenvalue weighted by atomic mass is 16.6. The molecule has 7 heteroatoms. The molecule has 7 nitrogen and oxygen atoms in total. The number of aromatic nitrogens is 1. The number of piperidine rings is 1. The van der Waals surface area contributed by atoms with Gasteiger partial charge < -0.3 is 19.5 Å². The Labute approximate surface area is 142 Å². The molecule has 2 heterocycles. The SMILES string of the molecule is Cc1cc(C(=O)NCCC2CCCN(C(=O)OC(C)(C)C)C2)on1. The van der Waals surface area contributed by atoms with Gasteiger partial charge in [-0.3, -0.25) is 4.79 Å². The second-order valence-corrected chi connectivity index (χ2v) is 7.31. The second kappa shape index (κ2) is 7.68. The van der Waals surface area contributed by atoms with E-state index in [1.165, 1.54) is 0 Å². The fraction of sp³-hybridized carbons (Fsp3) is 0.706. The van der Waals surface area contributed by atoms with E-state index in [1.807, 2.05) is 20.8 Å². The van der Waals surface area contributed by atoms with E-state index in [4.69, 9.17) is 9.26 Å². The Morgan fingerprint density at radius 3 is 2.83 bits per heavy atom. The number of amides is 2. The van der Waals surface area contributed by atoms with E-state index in [-0.39, 0.29) is 17.8 Å². The molecule has 0 aliphatic carbocycles. The van der Waals surface area contributed by atoms with E-state index in [1.54, 1.807) is 17.9 Å². The molecule has 0 bridgehead atoms. The van der Waals surface area contributed by atoms with Crippen LogP contribution in [-0.4, -0.2) is 47.3 Å². The molecule has 1 fully saturated rings. The van der Waals surface area contributed by atoms with Crippen molar-refractivity contribution in [3.8, 4) is 0 Å². The first-order chi connectivity index (χ1) is 11.2. The third kappa shape index (κ3) is 5.54. The number of likely N-dealkylation sites (tertiary alicyclic amines) is 1. The fourth-order valence-electron chi connectivity index (χ4n) is 2.74. The van der Waals surface area contributed by atoms with Gasteiger partial charge in [0.05, 0.1) is 5.69 Å². The van der Waals surface area contributed by atoms with E-state index in [0.29, 0.717) is 24.7 Å².